The quantitative estimate of drug-likeness (QED) is 0.517. The number of ether oxygens (including phenoxy) is 5. The number of halogens is 2. The summed E-state index contributed by atoms with van der Waals surface area (Å²) in [5.41, 5.74) is 0.157. The highest BCUT2D eigenvalue weighted by molar-refractivity contribution is 5.85. The molecular weight excluding hydrogens is 496 g/mol. The first-order chi connectivity index (χ1) is 18.2. The second-order valence-electron chi connectivity index (χ2n) is 10.8. The molecule has 2 saturated heterocycles. The van der Waals surface area contributed by atoms with Gasteiger partial charge in [-0.05, 0) is 49.9 Å². The predicted octanol–water partition coefficient (Wildman–Crippen LogP) is 4.41. The van der Waals surface area contributed by atoms with Gasteiger partial charge in [-0.15, -0.1) is 0 Å². The van der Waals surface area contributed by atoms with Gasteiger partial charge in [-0.3, -0.25) is 4.79 Å². The molecule has 5 rings (SSSR count). The van der Waals surface area contributed by atoms with Crippen molar-refractivity contribution in [1.29, 1.82) is 0 Å². The second-order valence-corrected chi connectivity index (χ2v) is 10.8. The van der Waals surface area contributed by atoms with E-state index in [0.29, 0.717) is 18.7 Å². The van der Waals surface area contributed by atoms with E-state index in [9.17, 15) is 13.6 Å². The highest BCUT2D eigenvalue weighted by Gasteiger charge is 2.58. The van der Waals surface area contributed by atoms with Crippen molar-refractivity contribution in [2.24, 2.45) is 0 Å². The maximum absolute atomic E-state index is 13.8. The molecule has 1 amide bonds. The van der Waals surface area contributed by atoms with E-state index in [-0.39, 0.29) is 38.1 Å². The monoisotopic (exact) mass is 531 g/mol. The van der Waals surface area contributed by atoms with Crippen LogP contribution in [-0.4, -0.2) is 54.9 Å². The number of nitrogens with one attached hydrogen (secondary N) is 1. The fourth-order valence-corrected chi connectivity index (χ4v) is 5.51. The lowest BCUT2D eigenvalue weighted by Gasteiger charge is -2.43. The van der Waals surface area contributed by atoms with E-state index < -0.39 is 41.3 Å². The van der Waals surface area contributed by atoms with Crippen molar-refractivity contribution in [1.82, 2.24) is 5.32 Å². The van der Waals surface area contributed by atoms with E-state index in [1.54, 1.807) is 0 Å². The van der Waals surface area contributed by atoms with Crippen LogP contribution in [0.4, 0.5) is 8.78 Å². The summed E-state index contributed by atoms with van der Waals surface area (Å²) in [5.74, 6) is -2.99. The van der Waals surface area contributed by atoms with Gasteiger partial charge >= 0.3 is 0 Å². The molecule has 2 aromatic carbocycles. The van der Waals surface area contributed by atoms with Crippen molar-refractivity contribution in [3.63, 3.8) is 0 Å². The van der Waals surface area contributed by atoms with Crippen molar-refractivity contribution >= 4 is 5.91 Å². The molecule has 1 aliphatic carbocycles. The van der Waals surface area contributed by atoms with Crippen molar-refractivity contribution in [3.8, 4) is 0 Å². The van der Waals surface area contributed by atoms with Crippen molar-refractivity contribution in [2.75, 3.05) is 13.2 Å². The number of benzene rings is 2. The first-order valence-electron chi connectivity index (χ1n) is 13.2. The zero-order chi connectivity index (χ0) is 26.8. The Morgan fingerprint density at radius 1 is 1.03 bits per heavy atom. The molecule has 7 nitrogen and oxygen atoms in total. The predicted molar refractivity (Wildman–Crippen MR) is 134 cm³/mol. The number of hydrogen-bond donors (Lipinski definition) is 1. The van der Waals surface area contributed by atoms with Gasteiger partial charge in [-0.1, -0.05) is 36.4 Å². The molecule has 9 heteroatoms. The van der Waals surface area contributed by atoms with Crippen molar-refractivity contribution in [2.45, 2.75) is 88.5 Å². The summed E-state index contributed by atoms with van der Waals surface area (Å²) in [6.45, 7) is 4.98. The third kappa shape index (κ3) is 6.24. The molecule has 2 aliphatic heterocycles. The van der Waals surface area contributed by atoms with Crippen LogP contribution in [0.2, 0.25) is 0 Å². The van der Waals surface area contributed by atoms with E-state index in [4.69, 9.17) is 23.7 Å². The summed E-state index contributed by atoms with van der Waals surface area (Å²) >= 11 is 0. The molecule has 5 atom stereocenters. The highest BCUT2D eigenvalue weighted by Crippen LogP contribution is 2.44. The fourth-order valence-electron chi connectivity index (χ4n) is 5.51. The lowest BCUT2D eigenvalue weighted by Crippen LogP contribution is -2.60. The number of rotatable bonds is 9. The van der Waals surface area contributed by atoms with Gasteiger partial charge in [0.25, 0.3) is 5.91 Å². The molecular formula is C29H35F2NO6. The molecule has 3 fully saturated rings. The number of hydrogen-bond acceptors (Lipinski definition) is 6. The maximum atomic E-state index is 13.8. The zero-order valence-corrected chi connectivity index (χ0v) is 21.8. The summed E-state index contributed by atoms with van der Waals surface area (Å²) in [6, 6.07) is 13.3. The standard InChI is InChI=1S/C29H35F2NO6/c1-28(2)37-25-15-29(36-18-19-7-4-3-5-8-19,27(33)32-16-21-9-6-12-34-21)14-24(26(25)38-28)35-17-20-10-11-22(30)23(31)13-20/h3-5,7-8,10-11,13,21,24-26H,6,9,12,14-18H2,1-2H3,(H,32,33)/t21-,24-,25-,26+,29-/m1/s1. The summed E-state index contributed by atoms with van der Waals surface area (Å²) in [5, 5.41) is 3.05. The van der Waals surface area contributed by atoms with Crippen LogP contribution in [0, 0.1) is 11.6 Å². The molecule has 0 bridgehead atoms. The maximum Gasteiger partial charge on any atom is 0.252 e. The van der Waals surface area contributed by atoms with Crippen LogP contribution in [0.5, 0.6) is 0 Å². The Labute approximate surface area is 221 Å². The third-order valence-corrected chi connectivity index (χ3v) is 7.38. The lowest BCUT2D eigenvalue weighted by molar-refractivity contribution is -0.183. The Morgan fingerprint density at radius 2 is 1.84 bits per heavy atom. The molecule has 0 spiro atoms. The average molecular weight is 532 g/mol. The van der Waals surface area contributed by atoms with Crippen LogP contribution >= 0.6 is 0 Å². The van der Waals surface area contributed by atoms with Gasteiger partial charge in [-0.25, -0.2) is 8.78 Å². The topological polar surface area (TPSA) is 75.3 Å². The number of amides is 1. The molecule has 206 valence electrons. The van der Waals surface area contributed by atoms with Crippen LogP contribution in [0.25, 0.3) is 0 Å². The van der Waals surface area contributed by atoms with Crippen molar-refractivity contribution < 1.29 is 37.3 Å². The van der Waals surface area contributed by atoms with Crippen LogP contribution in [-0.2, 0) is 41.7 Å². The molecule has 3 aliphatic rings. The van der Waals surface area contributed by atoms with Gasteiger partial charge < -0.3 is 29.0 Å². The fraction of sp³-hybridized carbons (Fsp3) is 0.552. The number of fused-ring (bicyclic) bond motifs is 1. The van der Waals surface area contributed by atoms with E-state index in [2.05, 4.69) is 5.32 Å². The Balaban J connectivity index is 1.38. The Hall–Kier alpha value is -2.43. The third-order valence-electron chi connectivity index (χ3n) is 7.38. The van der Waals surface area contributed by atoms with Gasteiger partial charge in [0.15, 0.2) is 23.0 Å². The average Bonchev–Trinajstić information content (AvgIpc) is 3.53. The van der Waals surface area contributed by atoms with Gasteiger partial charge in [0.1, 0.15) is 6.10 Å². The lowest BCUT2D eigenvalue weighted by atomic mass is 9.78. The van der Waals surface area contributed by atoms with E-state index in [1.165, 1.54) is 6.07 Å². The van der Waals surface area contributed by atoms with Crippen LogP contribution in [0.15, 0.2) is 48.5 Å². The zero-order valence-electron chi connectivity index (χ0n) is 21.8. The van der Waals surface area contributed by atoms with E-state index >= 15 is 0 Å². The molecule has 0 radical (unpaired) electrons. The summed E-state index contributed by atoms with van der Waals surface area (Å²) in [7, 11) is 0. The molecule has 2 aromatic rings. The first kappa shape index (κ1) is 27.1. The van der Waals surface area contributed by atoms with Crippen LogP contribution < -0.4 is 5.32 Å². The minimum atomic E-state index is -1.25. The van der Waals surface area contributed by atoms with Gasteiger partial charge in [0.05, 0.1) is 31.5 Å². The normalized spacial score (nSPS) is 30.2. The smallest absolute Gasteiger partial charge is 0.252 e. The van der Waals surface area contributed by atoms with Crippen molar-refractivity contribution in [3.05, 3.63) is 71.3 Å². The van der Waals surface area contributed by atoms with Gasteiger partial charge in [-0.2, -0.15) is 0 Å². The second kappa shape index (κ2) is 11.4. The Morgan fingerprint density at radius 3 is 2.58 bits per heavy atom. The molecule has 0 unspecified atom stereocenters. The van der Waals surface area contributed by atoms with Crippen LogP contribution in [0.3, 0.4) is 0 Å². The summed E-state index contributed by atoms with van der Waals surface area (Å²) < 4.78 is 58.0. The summed E-state index contributed by atoms with van der Waals surface area (Å²) in [6.07, 6.45) is 0.846. The Bertz CT molecular complexity index is 1110. The minimum Gasteiger partial charge on any atom is -0.376 e. The molecule has 0 aromatic heterocycles. The van der Waals surface area contributed by atoms with E-state index in [0.717, 1.165) is 30.5 Å². The van der Waals surface area contributed by atoms with Gasteiger partial charge in [0.2, 0.25) is 0 Å². The van der Waals surface area contributed by atoms with E-state index in [1.807, 2.05) is 44.2 Å². The Kier molecular flexibility index (Phi) is 8.11. The SMILES string of the molecule is CC1(C)O[C@H]2[C@H](OCc3ccc(F)c(F)c3)C[C@](OCc3ccccc3)(C(=O)NC[C@H]3CCCO3)C[C@H]2O1. The number of carbonyl (C=O) groups excluding carboxylic acids is 1. The van der Waals surface area contributed by atoms with Crippen LogP contribution in [0.1, 0.15) is 50.7 Å². The molecule has 2 heterocycles. The highest BCUT2D eigenvalue weighted by atomic mass is 19.2. The van der Waals surface area contributed by atoms with Gasteiger partial charge in [0, 0.05) is 26.0 Å². The molecule has 1 N–H and O–H groups in total. The molecule has 1 saturated carbocycles. The summed E-state index contributed by atoms with van der Waals surface area (Å²) in [4.78, 5) is 13.8. The first-order valence-corrected chi connectivity index (χ1v) is 13.2. The minimum absolute atomic E-state index is 0.0151. The molecule has 38 heavy (non-hydrogen) atoms. The number of carbonyl (C=O) groups is 1. The largest absolute Gasteiger partial charge is 0.376 e.